The molecule has 0 aliphatic rings. The van der Waals surface area contributed by atoms with Crippen LogP contribution < -0.4 is 5.32 Å². The number of aromatic nitrogens is 1. The fourth-order valence-electron chi connectivity index (χ4n) is 2.62. The Morgan fingerprint density at radius 3 is 2.55 bits per heavy atom. The molecule has 0 spiro atoms. The SMILES string of the molecule is CC(C)S(=O)(=O)c1ccccc1C(=O)Nc1ncc(Cc2ccc(F)c(F)c2)s1. The van der Waals surface area contributed by atoms with Crippen LogP contribution in [0, 0.1) is 11.6 Å². The van der Waals surface area contributed by atoms with Gasteiger partial charge in [0.2, 0.25) is 0 Å². The van der Waals surface area contributed by atoms with Gasteiger partial charge in [-0.2, -0.15) is 0 Å². The zero-order valence-electron chi connectivity index (χ0n) is 15.6. The molecule has 1 N–H and O–H groups in total. The number of benzene rings is 2. The fraction of sp³-hybridized carbons (Fsp3) is 0.200. The van der Waals surface area contributed by atoms with Crippen LogP contribution in [0.25, 0.3) is 0 Å². The summed E-state index contributed by atoms with van der Waals surface area (Å²) in [5.74, 6) is -2.43. The number of rotatable bonds is 6. The molecule has 1 amide bonds. The van der Waals surface area contributed by atoms with Gasteiger partial charge in [0.25, 0.3) is 5.91 Å². The number of hydrogen-bond donors (Lipinski definition) is 1. The summed E-state index contributed by atoms with van der Waals surface area (Å²) in [6.45, 7) is 3.10. The molecule has 29 heavy (non-hydrogen) atoms. The molecule has 0 saturated heterocycles. The quantitative estimate of drug-likeness (QED) is 0.620. The van der Waals surface area contributed by atoms with E-state index in [1.165, 1.54) is 35.7 Å². The van der Waals surface area contributed by atoms with Crippen molar-refractivity contribution in [1.82, 2.24) is 4.98 Å². The number of hydrogen-bond acceptors (Lipinski definition) is 5. The maximum Gasteiger partial charge on any atom is 0.258 e. The number of nitrogens with zero attached hydrogens (tertiary/aromatic N) is 1. The second kappa shape index (κ2) is 8.38. The smallest absolute Gasteiger partial charge is 0.258 e. The molecular weight excluding hydrogens is 418 g/mol. The summed E-state index contributed by atoms with van der Waals surface area (Å²) in [6.07, 6.45) is 1.85. The molecule has 152 valence electrons. The highest BCUT2D eigenvalue weighted by Gasteiger charge is 2.25. The average molecular weight is 437 g/mol. The van der Waals surface area contributed by atoms with Gasteiger partial charge in [0, 0.05) is 17.5 Å². The highest BCUT2D eigenvalue weighted by atomic mass is 32.2. The number of anilines is 1. The molecule has 0 saturated carbocycles. The normalized spacial score (nSPS) is 11.6. The number of thiazole rings is 1. The maximum absolute atomic E-state index is 13.3. The standard InChI is InChI=1S/C20H18F2N2O3S2/c1-12(2)29(26,27)18-6-4-3-5-15(18)19(25)24-20-23-11-14(28-20)9-13-7-8-16(21)17(22)10-13/h3-8,10-12H,9H2,1-2H3,(H,23,24,25). The van der Waals surface area contributed by atoms with Crippen molar-refractivity contribution < 1.29 is 22.0 Å². The van der Waals surface area contributed by atoms with Crippen LogP contribution in [0.3, 0.4) is 0 Å². The summed E-state index contributed by atoms with van der Waals surface area (Å²) in [6, 6.07) is 9.64. The summed E-state index contributed by atoms with van der Waals surface area (Å²) >= 11 is 1.17. The van der Waals surface area contributed by atoms with E-state index in [1.807, 2.05) is 0 Å². The van der Waals surface area contributed by atoms with Crippen molar-refractivity contribution in [3.63, 3.8) is 0 Å². The van der Waals surface area contributed by atoms with Crippen molar-refractivity contribution in [2.75, 3.05) is 5.32 Å². The number of amides is 1. The predicted octanol–water partition coefficient (Wildman–Crippen LogP) is 4.45. The highest BCUT2D eigenvalue weighted by Crippen LogP contribution is 2.25. The molecule has 0 radical (unpaired) electrons. The van der Waals surface area contributed by atoms with Crippen molar-refractivity contribution >= 4 is 32.2 Å². The Kier molecular flexibility index (Phi) is 6.09. The van der Waals surface area contributed by atoms with E-state index in [1.54, 1.807) is 26.0 Å². The first kappa shape index (κ1) is 21.1. The Bertz CT molecular complexity index is 1160. The Balaban J connectivity index is 1.78. The van der Waals surface area contributed by atoms with E-state index in [9.17, 15) is 22.0 Å². The predicted molar refractivity (Wildman–Crippen MR) is 108 cm³/mol. The van der Waals surface area contributed by atoms with E-state index in [4.69, 9.17) is 0 Å². The minimum atomic E-state index is -3.63. The summed E-state index contributed by atoms with van der Waals surface area (Å²) < 4.78 is 51.4. The van der Waals surface area contributed by atoms with Crippen molar-refractivity contribution in [1.29, 1.82) is 0 Å². The Morgan fingerprint density at radius 2 is 1.86 bits per heavy atom. The van der Waals surface area contributed by atoms with Crippen LogP contribution in [0.15, 0.2) is 53.6 Å². The van der Waals surface area contributed by atoms with Crippen LogP contribution in [0.2, 0.25) is 0 Å². The van der Waals surface area contributed by atoms with Gasteiger partial charge in [-0.05, 0) is 43.7 Å². The van der Waals surface area contributed by atoms with Crippen LogP contribution in [-0.4, -0.2) is 24.6 Å². The van der Waals surface area contributed by atoms with Gasteiger partial charge in [-0.15, -0.1) is 11.3 Å². The lowest BCUT2D eigenvalue weighted by Gasteiger charge is -2.12. The highest BCUT2D eigenvalue weighted by molar-refractivity contribution is 7.92. The zero-order chi connectivity index (χ0) is 21.2. The number of halogens is 2. The van der Waals surface area contributed by atoms with Gasteiger partial charge in [0.05, 0.1) is 15.7 Å². The molecule has 0 aliphatic heterocycles. The Morgan fingerprint density at radius 1 is 1.14 bits per heavy atom. The van der Waals surface area contributed by atoms with E-state index >= 15 is 0 Å². The van der Waals surface area contributed by atoms with Crippen molar-refractivity contribution in [2.45, 2.75) is 30.4 Å². The lowest BCUT2D eigenvalue weighted by atomic mass is 10.1. The number of sulfone groups is 1. The van der Waals surface area contributed by atoms with Gasteiger partial charge in [-0.25, -0.2) is 22.2 Å². The van der Waals surface area contributed by atoms with E-state index < -0.39 is 32.6 Å². The Labute approximate surface area is 171 Å². The molecule has 5 nitrogen and oxygen atoms in total. The maximum atomic E-state index is 13.3. The summed E-state index contributed by atoms with van der Waals surface area (Å²) in [5, 5.41) is 2.22. The molecule has 0 bridgehead atoms. The minimum Gasteiger partial charge on any atom is -0.298 e. The van der Waals surface area contributed by atoms with Gasteiger partial charge in [0.1, 0.15) is 0 Å². The van der Waals surface area contributed by atoms with Gasteiger partial charge in [-0.3, -0.25) is 10.1 Å². The fourth-order valence-corrected chi connectivity index (χ4v) is 4.70. The summed E-state index contributed by atoms with van der Waals surface area (Å²) in [4.78, 5) is 17.5. The molecule has 9 heteroatoms. The lowest BCUT2D eigenvalue weighted by molar-refractivity contribution is 0.102. The molecular formula is C20H18F2N2O3S2. The van der Waals surface area contributed by atoms with Gasteiger partial charge >= 0.3 is 0 Å². The molecule has 3 aromatic rings. The molecule has 1 aromatic heterocycles. The number of carbonyl (C=O) groups excluding carboxylic acids is 1. The second-order valence-electron chi connectivity index (χ2n) is 6.60. The van der Waals surface area contributed by atoms with E-state index in [0.717, 1.165) is 17.0 Å². The van der Waals surface area contributed by atoms with Crippen LogP contribution in [0.5, 0.6) is 0 Å². The number of nitrogens with one attached hydrogen (secondary N) is 1. The Hall–Kier alpha value is -2.65. The first-order valence-electron chi connectivity index (χ1n) is 8.71. The molecule has 0 unspecified atom stereocenters. The molecule has 0 aliphatic carbocycles. The van der Waals surface area contributed by atoms with E-state index in [-0.39, 0.29) is 15.6 Å². The van der Waals surface area contributed by atoms with Gasteiger partial charge < -0.3 is 0 Å². The van der Waals surface area contributed by atoms with Crippen LogP contribution in [0.4, 0.5) is 13.9 Å². The van der Waals surface area contributed by atoms with Crippen LogP contribution in [0.1, 0.15) is 34.6 Å². The third-order valence-corrected chi connectivity index (χ3v) is 7.32. The first-order chi connectivity index (χ1) is 13.7. The molecule has 0 fully saturated rings. The largest absolute Gasteiger partial charge is 0.298 e. The minimum absolute atomic E-state index is 0.0360. The van der Waals surface area contributed by atoms with Gasteiger partial charge in [0.15, 0.2) is 26.6 Å². The van der Waals surface area contributed by atoms with Crippen molar-refractivity contribution in [3.8, 4) is 0 Å². The number of carbonyl (C=O) groups is 1. The first-order valence-corrected chi connectivity index (χ1v) is 11.1. The van der Waals surface area contributed by atoms with E-state index in [2.05, 4.69) is 10.3 Å². The lowest BCUT2D eigenvalue weighted by Crippen LogP contribution is -2.20. The molecule has 2 aromatic carbocycles. The third kappa shape index (κ3) is 4.68. The van der Waals surface area contributed by atoms with Crippen molar-refractivity contribution in [3.05, 3.63) is 76.3 Å². The second-order valence-corrected chi connectivity index (χ2v) is 10.2. The topological polar surface area (TPSA) is 76.1 Å². The molecule has 1 heterocycles. The molecule has 0 atom stereocenters. The van der Waals surface area contributed by atoms with Crippen LogP contribution in [-0.2, 0) is 16.3 Å². The monoisotopic (exact) mass is 436 g/mol. The molecule has 3 rings (SSSR count). The average Bonchev–Trinajstić information content (AvgIpc) is 3.11. The van der Waals surface area contributed by atoms with Gasteiger partial charge in [-0.1, -0.05) is 18.2 Å². The third-order valence-electron chi connectivity index (χ3n) is 4.20. The summed E-state index contributed by atoms with van der Waals surface area (Å²) in [5.41, 5.74) is 0.609. The summed E-state index contributed by atoms with van der Waals surface area (Å²) in [7, 11) is -3.63. The van der Waals surface area contributed by atoms with Crippen molar-refractivity contribution in [2.24, 2.45) is 0 Å². The van der Waals surface area contributed by atoms with E-state index in [0.29, 0.717) is 12.0 Å². The zero-order valence-corrected chi connectivity index (χ0v) is 17.3. The van der Waals surface area contributed by atoms with Crippen LogP contribution >= 0.6 is 11.3 Å².